The maximum absolute atomic E-state index is 7.57. The van der Waals surface area contributed by atoms with E-state index in [1.165, 1.54) is 25.6 Å². The third kappa shape index (κ3) is 3.14. The average molecular weight is 554 g/mol. The first-order valence-electron chi connectivity index (χ1n) is 13.7. The lowest BCUT2D eigenvalue weighted by atomic mass is 10.00. The summed E-state index contributed by atoms with van der Waals surface area (Å²) in [6, 6.07) is 37.1. The molecule has 0 bridgehead atoms. The fraction of sp³-hybridized carbons (Fsp3) is 0. The van der Waals surface area contributed by atoms with Crippen LogP contribution < -0.4 is 0 Å². The molecule has 5 aromatic carbocycles. The second-order valence-electron chi connectivity index (χ2n) is 10.3. The Hall–Kier alpha value is -5.64. The summed E-state index contributed by atoms with van der Waals surface area (Å²) >= 11 is 1.80. The topological polar surface area (TPSA) is 48.0 Å². The van der Waals surface area contributed by atoms with Crippen molar-refractivity contribution >= 4 is 80.8 Å². The van der Waals surface area contributed by atoms with Gasteiger partial charge in [-0.1, -0.05) is 78.9 Å². The molecule has 5 nitrogen and oxygen atoms in total. The van der Waals surface area contributed by atoms with Crippen LogP contribution in [0, 0.1) is 6.57 Å². The van der Waals surface area contributed by atoms with Gasteiger partial charge in [0.2, 0.25) is 5.95 Å². The molecule has 0 aliphatic carbocycles. The van der Waals surface area contributed by atoms with Crippen LogP contribution in [-0.4, -0.2) is 19.5 Å². The van der Waals surface area contributed by atoms with E-state index < -0.39 is 0 Å². The zero-order valence-corrected chi connectivity index (χ0v) is 22.9. The van der Waals surface area contributed by atoms with Gasteiger partial charge in [-0.25, -0.2) is 14.8 Å². The maximum atomic E-state index is 7.57. The lowest BCUT2D eigenvalue weighted by molar-refractivity contribution is 1.02. The molecule has 194 valence electrons. The number of rotatable bonds is 2. The van der Waals surface area contributed by atoms with Crippen LogP contribution >= 0.6 is 11.3 Å². The van der Waals surface area contributed by atoms with Gasteiger partial charge in [0, 0.05) is 32.4 Å². The highest BCUT2D eigenvalue weighted by atomic mass is 32.1. The Morgan fingerprint density at radius 2 is 1.45 bits per heavy atom. The van der Waals surface area contributed by atoms with Crippen molar-refractivity contribution in [3.05, 3.63) is 127 Å². The summed E-state index contributed by atoms with van der Waals surface area (Å²) in [5.74, 6) is 0.582. The van der Waals surface area contributed by atoms with Crippen molar-refractivity contribution in [1.29, 1.82) is 0 Å². The van der Waals surface area contributed by atoms with Gasteiger partial charge in [0.15, 0.2) is 5.69 Å². The first kappa shape index (κ1) is 23.1. The van der Waals surface area contributed by atoms with Crippen molar-refractivity contribution in [3.63, 3.8) is 0 Å². The van der Waals surface area contributed by atoms with E-state index in [1.54, 1.807) is 11.3 Å². The van der Waals surface area contributed by atoms with Crippen LogP contribution in [0.2, 0.25) is 0 Å². The summed E-state index contributed by atoms with van der Waals surface area (Å²) in [5, 5.41) is 6.92. The monoisotopic (exact) mass is 553 g/mol. The standard InChI is InChI=1S/C36H19N5S/c1-37-22-11-8-10-21(20-22)32-25-14-4-6-16-27(25)39-36(40-32)41-28-17-9-19-38-33(28)31-24-13-3-2-12-23(24)30-26-15-5-7-18-29(26)42-35(30)34(31)41/h2-20H. The van der Waals surface area contributed by atoms with E-state index in [-0.39, 0.29) is 0 Å². The minimum Gasteiger partial charge on any atom is -0.275 e. The number of pyridine rings is 1. The Kier molecular flexibility index (Phi) is 4.77. The van der Waals surface area contributed by atoms with Crippen LogP contribution in [-0.2, 0) is 0 Å². The fourth-order valence-electron chi connectivity index (χ4n) is 6.30. The van der Waals surface area contributed by atoms with Crippen LogP contribution in [0.4, 0.5) is 5.69 Å². The molecule has 6 heteroatoms. The average Bonchev–Trinajstić information content (AvgIpc) is 3.61. The third-order valence-electron chi connectivity index (χ3n) is 8.04. The molecule has 0 atom stereocenters. The van der Waals surface area contributed by atoms with Gasteiger partial charge in [-0.05, 0) is 46.7 Å². The molecule has 9 rings (SSSR count). The van der Waals surface area contributed by atoms with Crippen LogP contribution in [0.25, 0.3) is 85.8 Å². The Morgan fingerprint density at radius 1 is 0.690 bits per heavy atom. The zero-order valence-electron chi connectivity index (χ0n) is 22.1. The summed E-state index contributed by atoms with van der Waals surface area (Å²) in [6.45, 7) is 7.57. The highest BCUT2D eigenvalue weighted by Crippen LogP contribution is 2.47. The molecular weight excluding hydrogens is 534 g/mol. The predicted molar refractivity (Wildman–Crippen MR) is 174 cm³/mol. The molecule has 0 aliphatic heterocycles. The molecule has 0 aliphatic rings. The molecule has 9 aromatic rings. The molecule has 4 heterocycles. The molecule has 0 spiro atoms. The first-order valence-corrected chi connectivity index (χ1v) is 14.5. The summed E-state index contributed by atoms with van der Waals surface area (Å²) in [6.07, 6.45) is 1.86. The van der Waals surface area contributed by atoms with Gasteiger partial charge >= 0.3 is 0 Å². The second kappa shape index (κ2) is 8.68. The summed E-state index contributed by atoms with van der Waals surface area (Å²) in [4.78, 5) is 19.0. The summed E-state index contributed by atoms with van der Waals surface area (Å²) in [5.41, 5.74) is 6.06. The van der Waals surface area contributed by atoms with Crippen molar-refractivity contribution in [2.45, 2.75) is 0 Å². The van der Waals surface area contributed by atoms with Crippen LogP contribution in [0.3, 0.4) is 0 Å². The van der Waals surface area contributed by atoms with Crippen molar-refractivity contribution in [3.8, 4) is 17.2 Å². The summed E-state index contributed by atoms with van der Waals surface area (Å²) < 4.78 is 4.62. The SMILES string of the molecule is [C-]#[N+]c1cccc(-c2nc(-n3c4cccnc4c4c5ccccc5c5c6ccccc6sc5c43)nc3ccccc23)c1. The highest BCUT2D eigenvalue weighted by molar-refractivity contribution is 7.27. The number of benzene rings is 5. The Morgan fingerprint density at radius 3 is 2.31 bits per heavy atom. The molecule has 0 saturated carbocycles. The van der Waals surface area contributed by atoms with Gasteiger partial charge in [-0.2, -0.15) is 0 Å². The van der Waals surface area contributed by atoms with Crippen LogP contribution in [0.5, 0.6) is 0 Å². The van der Waals surface area contributed by atoms with Gasteiger partial charge in [-0.3, -0.25) is 9.55 Å². The minimum atomic E-state index is 0.580. The van der Waals surface area contributed by atoms with Crippen molar-refractivity contribution < 1.29 is 0 Å². The summed E-state index contributed by atoms with van der Waals surface area (Å²) in [7, 11) is 0. The van der Waals surface area contributed by atoms with Crippen LogP contribution in [0.15, 0.2) is 115 Å². The molecule has 0 radical (unpaired) electrons. The fourth-order valence-corrected chi connectivity index (χ4v) is 7.56. The first-order chi connectivity index (χ1) is 20.8. The van der Waals surface area contributed by atoms with Gasteiger partial charge in [-0.15, -0.1) is 11.3 Å². The molecule has 4 aromatic heterocycles. The van der Waals surface area contributed by atoms with Gasteiger partial charge in [0.25, 0.3) is 0 Å². The number of fused-ring (bicyclic) bond motifs is 11. The molecule has 42 heavy (non-hydrogen) atoms. The van der Waals surface area contributed by atoms with E-state index >= 15 is 0 Å². The molecule has 0 fully saturated rings. The number of nitrogens with zero attached hydrogens (tertiary/aromatic N) is 5. The van der Waals surface area contributed by atoms with Gasteiger partial charge in [0.05, 0.1) is 39.0 Å². The Labute approximate surface area is 243 Å². The maximum Gasteiger partial charge on any atom is 0.235 e. The number of thiophene rings is 1. The number of hydrogen-bond donors (Lipinski definition) is 0. The van der Waals surface area contributed by atoms with Crippen molar-refractivity contribution in [1.82, 2.24) is 19.5 Å². The van der Waals surface area contributed by atoms with E-state index in [1.807, 2.05) is 60.8 Å². The largest absolute Gasteiger partial charge is 0.275 e. The number of aromatic nitrogens is 4. The Balaban J connectivity index is 1.51. The van der Waals surface area contributed by atoms with Crippen molar-refractivity contribution in [2.75, 3.05) is 0 Å². The lowest BCUT2D eigenvalue weighted by Gasteiger charge is -2.12. The number of hydrogen-bond acceptors (Lipinski definition) is 4. The smallest absolute Gasteiger partial charge is 0.235 e. The van der Waals surface area contributed by atoms with E-state index in [0.29, 0.717) is 11.6 Å². The lowest BCUT2D eigenvalue weighted by Crippen LogP contribution is -2.03. The third-order valence-corrected chi connectivity index (χ3v) is 9.22. The quantitative estimate of drug-likeness (QED) is 0.200. The second-order valence-corrected chi connectivity index (χ2v) is 11.4. The Bertz CT molecular complexity index is 2600. The molecule has 0 unspecified atom stereocenters. The van der Waals surface area contributed by atoms with E-state index in [9.17, 15) is 0 Å². The minimum absolute atomic E-state index is 0.580. The highest BCUT2D eigenvalue weighted by Gasteiger charge is 2.24. The normalized spacial score (nSPS) is 11.8. The molecule has 0 saturated heterocycles. The van der Waals surface area contributed by atoms with Crippen molar-refractivity contribution in [2.24, 2.45) is 0 Å². The number of para-hydroxylation sites is 1. The van der Waals surface area contributed by atoms with E-state index in [4.69, 9.17) is 21.5 Å². The zero-order chi connectivity index (χ0) is 27.8. The van der Waals surface area contributed by atoms with Crippen LogP contribution in [0.1, 0.15) is 0 Å². The van der Waals surface area contributed by atoms with Gasteiger partial charge in [0.1, 0.15) is 0 Å². The molecular formula is C36H19N5S. The van der Waals surface area contributed by atoms with Gasteiger partial charge < -0.3 is 0 Å². The predicted octanol–water partition coefficient (Wildman–Crippen LogP) is 9.86. The molecule has 0 N–H and O–H groups in total. The van der Waals surface area contributed by atoms with E-state index in [2.05, 4.69) is 64.0 Å². The molecule has 0 amide bonds. The van der Waals surface area contributed by atoms with E-state index in [0.717, 1.165) is 49.5 Å².